The summed E-state index contributed by atoms with van der Waals surface area (Å²) >= 11 is 0. The van der Waals surface area contributed by atoms with Crippen molar-refractivity contribution in [3.63, 3.8) is 0 Å². The van der Waals surface area contributed by atoms with Crippen LogP contribution in [-0.4, -0.2) is 11.0 Å². The van der Waals surface area contributed by atoms with E-state index in [-0.39, 0.29) is 11.4 Å². The minimum absolute atomic E-state index is 0.0266. The van der Waals surface area contributed by atoms with Crippen LogP contribution < -0.4 is 0 Å². The van der Waals surface area contributed by atoms with E-state index < -0.39 is 4.92 Å². The predicted octanol–water partition coefficient (Wildman–Crippen LogP) is 2.72. The van der Waals surface area contributed by atoms with Crippen LogP contribution in [0.25, 0.3) is 10.8 Å². The smallest absolute Gasteiger partial charge is 0.258 e. The SMILES string of the molecule is O=C=Nc1cc2ccccc2cc1[N+](=O)[O-]. The van der Waals surface area contributed by atoms with E-state index in [1.807, 2.05) is 6.07 Å². The van der Waals surface area contributed by atoms with Gasteiger partial charge < -0.3 is 0 Å². The summed E-state index contributed by atoms with van der Waals surface area (Å²) in [4.78, 5) is 23.7. The Kier molecular flexibility index (Phi) is 2.45. The Hall–Kier alpha value is -2.52. The predicted molar refractivity (Wildman–Crippen MR) is 58.4 cm³/mol. The maximum atomic E-state index is 10.8. The molecule has 2 aromatic rings. The number of hydrogen-bond acceptors (Lipinski definition) is 4. The lowest BCUT2D eigenvalue weighted by atomic mass is 10.1. The highest BCUT2D eigenvalue weighted by Gasteiger charge is 2.14. The Morgan fingerprint density at radius 2 is 1.81 bits per heavy atom. The highest BCUT2D eigenvalue weighted by molar-refractivity contribution is 5.89. The Balaban J connectivity index is 2.80. The maximum Gasteiger partial charge on any atom is 0.296 e. The van der Waals surface area contributed by atoms with Crippen molar-refractivity contribution >= 4 is 28.2 Å². The van der Waals surface area contributed by atoms with Crippen molar-refractivity contribution in [2.45, 2.75) is 0 Å². The van der Waals surface area contributed by atoms with Crippen molar-refractivity contribution < 1.29 is 9.72 Å². The quantitative estimate of drug-likeness (QED) is 0.334. The summed E-state index contributed by atoms with van der Waals surface area (Å²) in [5.41, 5.74) is -0.166. The molecule has 0 bridgehead atoms. The van der Waals surface area contributed by atoms with Gasteiger partial charge >= 0.3 is 0 Å². The van der Waals surface area contributed by atoms with Gasteiger partial charge in [0.2, 0.25) is 6.08 Å². The molecule has 0 aromatic heterocycles. The topological polar surface area (TPSA) is 72.6 Å². The van der Waals surface area contributed by atoms with Crippen LogP contribution in [0, 0.1) is 10.1 Å². The molecule has 0 amide bonds. The van der Waals surface area contributed by atoms with Crippen molar-refractivity contribution in [2.24, 2.45) is 4.99 Å². The second-order valence-corrected chi connectivity index (χ2v) is 3.15. The van der Waals surface area contributed by atoms with Crippen LogP contribution in [0.1, 0.15) is 0 Å². The van der Waals surface area contributed by atoms with Crippen LogP contribution >= 0.6 is 0 Å². The monoisotopic (exact) mass is 214 g/mol. The van der Waals surface area contributed by atoms with Gasteiger partial charge in [-0.05, 0) is 16.8 Å². The summed E-state index contributed by atoms with van der Waals surface area (Å²) < 4.78 is 0. The highest BCUT2D eigenvalue weighted by Crippen LogP contribution is 2.31. The summed E-state index contributed by atoms with van der Waals surface area (Å²) in [5.74, 6) is 0. The Morgan fingerprint density at radius 1 is 1.19 bits per heavy atom. The zero-order valence-electron chi connectivity index (χ0n) is 8.08. The van der Waals surface area contributed by atoms with Crippen LogP contribution in [0.15, 0.2) is 41.4 Å². The standard InChI is InChI=1S/C11H6N2O3/c14-7-12-10-5-8-3-1-2-4-9(8)6-11(10)13(15)16/h1-6H. The van der Waals surface area contributed by atoms with Crippen LogP contribution in [0.4, 0.5) is 11.4 Å². The lowest BCUT2D eigenvalue weighted by Gasteiger charge is -1.99. The zero-order chi connectivity index (χ0) is 11.5. The molecule has 0 aliphatic rings. The molecule has 0 atom stereocenters. The number of isocyanates is 1. The van der Waals surface area contributed by atoms with Gasteiger partial charge in [-0.2, -0.15) is 4.99 Å². The summed E-state index contributed by atoms with van der Waals surface area (Å²) in [6, 6.07) is 10.0. The minimum atomic E-state index is -0.567. The van der Waals surface area contributed by atoms with Gasteiger partial charge in [-0.3, -0.25) is 10.1 Å². The van der Waals surface area contributed by atoms with Crippen molar-refractivity contribution in [3.8, 4) is 0 Å². The Morgan fingerprint density at radius 3 is 2.38 bits per heavy atom. The molecule has 16 heavy (non-hydrogen) atoms. The third-order valence-corrected chi connectivity index (χ3v) is 2.21. The van der Waals surface area contributed by atoms with E-state index in [2.05, 4.69) is 4.99 Å². The van der Waals surface area contributed by atoms with E-state index in [1.165, 1.54) is 18.2 Å². The summed E-state index contributed by atoms with van der Waals surface area (Å²) in [5, 5.41) is 12.3. The molecule has 5 nitrogen and oxygen atoms in total. The zero-order valence-corrected chi connectivity index (χ0v) is 8.08. The van der Waals surface area contributed by atoms with E-state index in [9.17, 15) is 14.9 Å². The lowest BCUT2D eigenvalue weighted by Crippen LogP contribution is -1.88. The fourth-order valence-corrected chi connectivity index (χ4v) is 1.50. The largest absolute Gasteiger partial charge is 0.296 e. The van der Waals surface area contributed by atoms with Gasteiger partial charge in [0.25, 0.3) is 5.69 Å². The maximum absolute atomic E-state index is 10.8. The molecule has 0 aliphatic carbocycles. The van der Waals surface area contributed by atoms with Crippen LogP contribution in [0.2, 0.25) is 0 Å². The molecule has 2 rings (SSSR count). The average Bonchev–Trinajstić information content (AvgIpc) is 2.28. The number of nitrogens with zero attached hydrogens (tertiary/aromatic N) is 2. The van der Waals surface area contributed by atoms with Crippen LogP contribution in [0.5, 0.6) is 0 Å². The van der Waals surface area contributed by atoms with Gasteiger partial charge in [-0.25, -0.2) is 4.79 Å². The molecule has 0 saturated heterocycles. The molecular weight excluding hydrogens is 208 g/mol. The molecule has 0 aliphatic heterocycles. The van der Waals surface area contributed by atoms with Crippen molar-refractivity contribution in [1.29, 1.82) is 0 Å². The summed E-state index contributed by atoms with van der Waals surface area (Å²) in [6.45, 7) is 0. The third kappa shape index (κ3) is 1.67. The Bertz CT molecular complexity index is 575. The highest BCUT2D eigenvalue weighted by atomic mass is 16.6. The van der Waals surface area contributed by atoms with E-state index in [4.69, 9.17) is 0 Å². The third-order valence-electron chi connectivity index (χ3n) is 2.21. The second-order valence-electron chi connectivity index (χ2n) is 3.15. The molecule has 0 N–H and O–H groups in total. The van der Waals surface area contributed by atoms with Gasteiger partial charge in [0, 0.05) is 6.07 Å². The molecule has 0 saturated carbocycles. The molecule has 2 aromatic carbocycles. The molecule has 0 spiro atoms. The van der Waals surface area contributed by atoms with Gasteiger partial charge in [-0.15, -0.1) is 0 Å². The number of carbonyl (C=O) groups excluding carboxylic acids is 1. The van der Waals surface area contributed by atoms with Crippen molar-refractivity contribution in [3.05, 3.63) is 46.5 Å². The normalized spacial score (nSPS) is 9.75. The first-order chi connectivity index (χ1) is 7.72. The van der Waals surface area contributed by atoms with E-state index in [0.29, 0.717) is 0 Å². The van der Waals surface area contributed by atoms with Crippen LogP contribution in [0.3, 0.4) is 0 Å². The first-order valence-electron chi connectivity index (χ1n) is 4.47. The summed E-state index contributed by atoms with van der Waals surface area (Å²) in [6.07, 6.45) is 1.31. The molecule has 0 fully saturated rings. The Labute approximate surface area is 90.2 Å². The number of nitro groups is 1. The first kappa shape index (κ1) is 10.0. The number of rotatable bonds is 2. The number of hydrogen-bond donors (Lipinski definition) is 0. The van der Waals surface area contributed by atoms with Crippen molar-refractivity contribution in [1.82, 2.24) is 0 Å². The molecule has 0 radical (unpaired) electrons. The second kappa shape index (κ2) is 3.92. The molecule has 78 valence electrons. The van der Waals surface area contributed by atoms with Crippen LogP contribution in [-0.2, 0) is 4.79 Å². The molecule has 5 heteroatoms. The minimum Gasteiger partial charge on any atom is -0.258 e. The molecule has 0 heterocycles. The number of benzene rings is 2. The van der Waals surface area contributed by atoms with E-state index in [0.717, 1.165) is 10.8 Å². The number of aliphatic imine (C=N–C) groups is 1. The van der Waals surface area contributed by atoms with E-state index in [1.54, 1.807) is 18.2 Å². The molecular formula is C11H6N2O3. The van der Waals surface area contributed by atoms with Gasteiger partial charge in [0.1, 0.15) is 0 Å². The molecule has 0 unspecified atom stereocenters. The van der Waals surface area contributed by atoms with Gasteiger partial charge in [0.05, 0.1) is 4.92 Å². The fraction of sp³-hybridized carbons (Fsp3) is 0. The first-order valence-corrected chi connectivity index (χ1v) is 4.47. The average molecular weight is 214 g/mol. The van der Waals surface area contributed by atoms with Gasteiger partial charge in [-0.1, -0.05) is 24.3 Å². The van der Waals surface area contributed by atoms with E-state index >= 15 is 0 Å². The van der Waals surface area contributed by atoms with Crippen molar-refractivity contribution in [2.75, 3.05) is 0 Å². The van der Waals surface area contributed by atoms with Gasteiger partial charge in [0.15, 0.2) is 5.69 Å². The summed E-state index contributed by atoms with van der Waals surface area (Å²) in [7, 11) is 0. The fourth-order valence-electron chi connectivity index (χ4n) is 1.50. The number of nitro benzene ring substituents is 1. The number of fused-ring (bicyclic) bond motifs is 1. The lowest BCUT2D eigenvalue weighted by molar-refractivity contribution is -0.383.